The van der Waals surface area contributed by atoms with E-state index in [0.717, 1.165) is 6.54 Å². The predicted molar refractivity (Wildman–Crippen MR) is 65.3 cm³/mol. The van der Waals surface area contributed by atoms with Crippen molar-refractivity contribution in [3.8, 4) is 0 Å². The molecule has 0 aromatic rings. The van der Waals surface area contributed by atoms with E-state index in [1.165, 1.54) is 0 Å². The van der Waals surface area contributed by atoms with E-state index >= 15 is 0 Å². The Morgan fingerprint density at radius 2 is 2.00 bits per heavy atom. The van der Waals surface area contributed by atoms with Gasteiger partial charge in [0.25, 0.3) is 0 Å². The van der Waals surface area contributed by atoms with E-state index in [0.29, 0.717) is 31.4 Å². The fourth-order valence-electron chi connectivity index (χ4n) is 1.91. The van der Waals surface area contributed by atoms with Crippen molar-refractivity contribution < 1.29 is 14.3 Å². The number of hydrogen-bond donors (Lipinski definition) is 0. The smallest absolute Gasteiger partial charge is 0.311 e. The topological polar surface area (TPSA) is 46.6 Å². The Kier molecular flexibility index (Phi) is 4.97. The Bertz CT molecular complexity index is 286. The zero-order valence-corrected chi connectivity index (χ0v) is 11.2. The van der Waals surface area contributed by atoms with Crippen LogP contribution < -0.4 is 0 Å². The zero-order chi connectivity index (χ0) is 13.0. The fourth-order valence-corrected chi connectivity index (χ4v) is 1.91. The molecular formula is C13H23NO3. The summed E-state index contributed by atoms with van der Waals surface area (Å²) >= 11 is 0. The maximum atomic E-state index is 11.7. The molecule has 0 spiro atoms. The lowest BCUT2D eigenvalue weighted by atomic mass is 10.1. The van der Waals surface area contributed by atoms with Gasteiger partial charge in [-0.05, 0) is 11.8 Å². The van der Waals surface area contributed by atoms with Gasteiger partial charge in [0.2, 0.25) is 5.91 Å². The molecule has 1 amide bonds. The molecular weight excluding hydrogens is 218 g/mol. The van der Waals surface area contributed by atoms with Crippen LogP contribution in [0.5, 0.6) is 0 Å². The number of hydrogen-bond acceptors (Lipinski definition) is 3. The summed E-state index contributed by atoms with van der Waals surface area (Å²) in [6, 6.07) is 0. The van der Waals surface area contributed by atoms with Crippen LogP contribution in [0, 0.1) is 17.8 Å². The lowest BCUT2D eigenvalue weighted by Crippen LogP contribution is -2.30. The number of ether oxygens (including phenoxy) is 1. The first-order valence-electron chi connectivity index (χ1n) is 6.34. The van der Waals surface area contributed by atoms with Crippen LogP contribution in [0.25, 0.3) is 0 Å². The predicted octanol–water partition coefficient (Wildman–Crippen LogP) is 1.69. The fraction of sp³-hybridized carbons (Fsp3) is 0.846. The highest BCUT2D eigenvalue weighted by Crippen LogP contribution is 2.20. The molecule has 1 heterocycles. The van der Waals surface area contributed by atoms with Gasteiger partial charge in [0.05, 0.1) is 12.5 Å². The number of likely N-dealkylation sites (tertiary alicyclic amines) is 1. The summed E-state index contributed by atoms with van der Waals surface area (Å²) in [5.74, 6) is 0.357. The van der Waals surface area contributed by atoms with Crippen LogP contribution in [0.15, 0.2) is 0 Å². The first kappa shape index (κ1) is 14.0. The second kappa shape index (κ2) is 6.03. The summed E-state index contributed by atoms with van der Waals surface area (Å²) in [5, 5.41) is 0. The number of rotatable bonds is 5. The maximum Gasteiger partial charge on any atom is 0.311 e. The Morgan fingerprint density at radius 1 is 1.35 bits per heavy atom. The minimum Gasteiger partial charge on any atom is -0.465 e. The van der Waals surface area contributed by atoms with Gasteiger partial charge < -0.3 is 9.64 Å². The largest absolute Gasteiger partial charge is 0.465 e. The van der Waals surface area contributed by atoms with E-state index in [-0.39, 0.29) is 17.8 Å². The molecule has 0 N–H and O–H groups in total. The third-order valence-corrected chi connectivity index (χ3v) is 2.69. The molecule has 0 aromatic carbocycles. The molecule has 1 aliphatic rings. The van der Waals surface area contributed by atoms with E-state index < -0.39 is 0 Å². The molecule has 0 saturated carbocycles. The molecule has 1 saturated heterocycles. The van der Waals surface area contributed by atoms with Crippen molar-refractivity contribution in [3.63, 3.8) is 0 Å². The summed E-state index contributed by atoms with van der Waals surface area (Å²) in [5.41, 5.74) is 0. The van der Waals surface area contributed by atoms with Gasteiger partial charge in [-0.2, -0.15) is 0 Å². The SMILES string of the molecule is CC(C)COC(=O)C1CC(=O)N(CC(C)C)C1. The van der Waals surface area contributed by atoms with Crippen LogP contribution in [0.1, 0.15) is 34.1 Å². The summed E-state index contributed by atoms with van der Waals surface area (Å²) in [4.78, 5) is 25.2. The molecule has 1 aliphatic heterocycles. The van der Waals surface area contributed by atoms with Crippen molar-refractivity contribution in [3.05, 3.63) is 0 Å². The summed E-state index contributed by atoms with van der Waals surface area (Å²) < 4.78 is 5.17. The van der Waals surface area contributed by atoms with E-state index in [2.05, 4.69) is 13.8 Å². The molecule has 0 aliphatic carbocycles. The van der Waals surface area contributed by atoms with Crippen molar-refractivity contribution >= 4 is 11.9 Å². The highest BCUT2D eigenvalue weighted by molar-refractivity contribution is 5.86. The van der Waals surface area contributed by atoms with Gasteiger partial charge in [-0.1, -0.05) is 27.7 Å². The molecule has 0 aromatic heterocycles. The Balaban J connectivity index is 2.42. The Morgan fingerprint density at radius 3 is 2.53 bits per heavy atom. The van der Waals surface area contributed by atoms with Crippen molar-refractivity contribution in [2.45, 2.75) is 34.1 Å². The Hall–Kier alpha value is -1.06. The number of carbonyl (C=O) groups is 2. The summed E-state index contributed by atoms with van der Waals surface area (Å²) in [6.45, 7) is 9.82. The normalized spacial score (nSPS) is 20.5. The first-order valence-corrected chi connectivity index (χ1v) is 6.34. The van der Waals surface area contributed by atoms with Crippen molar-refractivity contribution in [2.75, 3.05) is 19.7 Å². The maximum absolute atomic E-state index is 11.7. The standard InChI is InChI=1S/C13H23NO3/c1-9(2)6-14-7-11(5-12(14)15)13(16)17-8-10(3)4/h9-11H,5-8H2,1-4H3. The van der Waals surface area contributed by atoms with Crippen LogP contribution in [0.4, 0.5) is 0 Å². The lowest BCUT2D eigenvalue weighted by Gasteiger charge is -2.18. The molecule has 98 valence electrons. The van der Waals surface area contributed by atoms with E-state index in [9.17, 15) is 9.59 Å². The Labute approximate surface area is 103 Å². The molecule has 4 nitrogen and oxygen atoms in total. The third kappa shape index (κ3) is 4.36. The van der Waals surface area contributed by atoms with Gasteiger partial charge in [0.15, 0.2) is 0 Å². The van der Waals surface area contributed by atoms with Crippen molar-refractivity contribution in [2.24, 2.45) is 17.8 Å². The molecule has 1 rings (SSSR count). The molecule has 4 heteroatoms. The minimum absolute atomic E-state index is 0.0743. The van der Waals surface area contributed by atoms with Gasteiger partial charge in [0, 0.05) is 19.5 Å². The third-order valence-electron chi connectivity index (χ3n) is 2.69. The molecule has 0 bridgehead atoms. The van der Waals surface area contributed by atoms with Crippen molar-refractivity contribution in [1.29, 1.82) is 0 Å². The molecule has 1 atom stereocenters. The van der Waals surface area contributed by atoms with Gasteiger partial charge in [-0.3, -0.25) is 9.59 Å². The van der Waals surface area contributed by atoms with Gasteiger partial charge in [-0.25, -0.2) is 0 Å². The highest BCUT2D eigenvalue weighted by atomic mass is 16.5. The van der Waals surface area contributed by atoms with E-state index in [4.69, 9.17) is 4.74 Å². The van der Waals surface area contributed by atoms with Gasteiger partial charge in [0.1, 0.15) is 0 Å². The van der Waals surface area contributed by atoms with E-state index in [1.807, 2.05) is 13.8 Å². The summed E-state index contributed by atoms with van der Waals surface area (Å²) in [6.07, 6.45) is 0.309. The number of esters is 1. The van der Waals surface area contributed by atoms with Gasteiger partial charge >= 0.3 is 5.97 Å². The molecule has 0 radical (unpaired) electrons. The monoisotopic (exact) mass is 241 g/mol. The average molecular weight is 241 g/mol. The average Bonchev–Trinajstić information content (AvgIpc) is 2.56. The van der Waals surface area contributed by atoms with Crippen LogP contribution >= 0.6 is 0 Å². The zero-order valence-electron chi connectivity index (χ0n) is 11.2. The first-order chi connectivity index (χ1) is 7.90. The second-order valence-corrected chi connectivity index (χ2v) is 5.62. The van der Waals surface area contributed by atoms with Crippen LogP contribution in [0.2, 0.25) is 0 Å². The molecule has 17 heavy (non-hydrogen) atoms. The number of amides is 1. The van der Waals surface area contributed by atoms with Crippen molar-refractivity contribution in [1.82, 2.24) is 4.90 Å². The van der Waals surface area contributed by atoms with Crippen LogP contribution in [-0.4, -0.2) is 36.5 Å². The number of nitrogens with zero attached hydrogens (tertiary/aromatic N) is 1. The quantitative estimate of drug-likeness (QED) is 0.688. The van der Waals surface area contributed by atoms with Gasteiger partial charge in [-0.15, -0.1) is 0 Å². The number of carbonyl (C=O) groups excluding carboxylic acids is 2. The van der Waals surface area contributed by atoms with Crippen LogP contribution in [0.3, 0.4) is 0 Å². The van der Waals surface area contributed by atoms with Crippen LogP contribution in [-0.2, 0) is 14.3 Å². The lowest BCUT2D eigenvalue weighted by molar-refractivity contribution is -0.149. The van der Waals surface area contributed by atoms with E-state index in [1.54, 1.807) is 4.90 Å². The highest BCUT2D eigenvalue weighted by Gasteiger charge is 2.35. The summed E-state index contributed by atoms with van der Waals surface area (Å²) in [7, 11) is 0. The minimum atomic E-state index is -0.264. The molecule has 1 unspecified atom stereocenters. The second-order valence-electron chi connectivity index (χ2n) is 5.62. The molecule has 1 fully saturated rings.